The van der Waals surface area contributed by atoms with Crippen molar-refractivity contribution in [3.05, 3.63) is 70.2 Å². The molecule has 0 bridgehead atoms. The molecule has 6 heteroatoms. The molecule has 0 saturated heterocycles. The smallest absolute Gasteiger partial charge is 0.267 e. The molecule has 0 N–H and O–H groups in total. The highest BCUT2D eigenvalue weighted by Crippen LogP contribution is 2.24. The summed E-state index contributed by atoms with van der Waals surface area (Å²) < 4.78 is 0.853. The lowest BCUT2D eigenvalue weighted by atomic mass is 10.1. The van der Waals surface area contributed by atoms with Gasteiger partial charge in [0, 0.05) is 27.9 Å². The molecule has 2 amide bonds. The third-order valence-corrected chi connectivity index (χ3v) is 4.08. The van der Waals surface area contributed by atoms with Gasteiger partial charge in [-0.3, -0.25) is 9.59 Å². The Kier molecular flexibility index (Phi) is 5.76. The Morgan fingerprint density at radius 3 is 2.04 bits per heavy atom. The average Bonchev–Trinajstić information content (AvgIpc) is 2.53. The zero-order chi connectivity index (χ0) is 18.8. The van der Waals surface area contributed by atoms with Gasteiger partial charge in [0.2, 0.25) is 0 Å². The maximum absolute atomic E-state index is 13.0. The Morgan fingerprint density at radius 2 is 1.52 bits per heavy atom. The van der Waals surface area contributed by atoms with Crippen molar-refractivity contribution in [2.24, 2.45) is 0 Å². The summed E-state index contributed by atoms with van der Waals surface area (Å²) in [7, 11) is 0. The second-order valence-electron chi connectivity index (χ2n) is 6.73. The maximum Gasteiger partial charge on any atom is 0.287 e. The van der Waals surface area contributed by atoms with E-state index < -0.39 is 11.4 Å². The second-order valence-corrected chi connectivity index (χ2v) is 7.49. The number of hydrogen-bond donors (Lipinski definition) is 0. The molecule has 0 fully saturated rings. The lowest BCUT2D eigenvalue weighted by Gasteiger charge is -2.39. The number of carbonyl (C=O) groups is 2. The molecule has 0 spiro atoms. The largest absolute Gasteiger partial charge is 0.287 e. The highest BCUT2D eigenvalue weighted by atomic mass is 35.5. The first-order valence-electron chi connectivity index (χ1n) is 7.78. The summed E-state index contributed by atoms with van der Waals surface area (Å²) in [6.45, 7) is 7.30. The molecule has 25 heavy (non-hydrogen) atoms. The first-order valence-corrected chi connectivity index (χ1v) is 8.50. The van der Waals surface area contributed by atoms with E-state index in [1.807, 2.05) is 13.0 Å². The molecule has 2 aromatic rings. The minimum atomic E-state index is -0.710. The number of carbonyl (C=O) groups excluding carboxylic acids is 2. The minimum absolute atomic E-state index is 0.389. The summed E-state index contributed by atoms with van der Waals surface area (Å²) in [5.41, 5.74) is 1.02. The van der Waals surface area contributed by atoms with Crippen molar-refractivity contribution < 1.29 is 9.59 Å². The van der Waals surface area contributed by atoms with Gasteiger partial charge in [-0.05, 0) is 64.1 Å². The van der Waals surface area contributed by atoms with Gasteiger partial charge in [0.15, 0.2) is 0 Å². The fraction of sp³-hybridized carbons (Fsp3) is 0.263. The van der Waals surface area contributed by atoms with Crippen LogP contribution in [0.3, 0.4) is 0 Å². The molecule has 0 aliphatic heterocycles. The lowest BCUT2D eigenvalue weighted by molar-refractivity contribution is -0.00370. The van der Waals surface area contributed by atoms with Crippen LogP contribution in [0.25, 0.3) is 0 Å². The van der Waals surface area contributed by atoms with Gasteiger partial charge in [-0.25, -0.2) is 5.01 Å². The SMILES string of the molecule is Cc1cccc(C(=O)N(Cl)N(C(=O)c2ccc(Cl)cc2)C(C)(C)C)c1. The second kappa shape index (κ2) is 7.46. The number of amides is 2. The van der Waals surface area contributed by atoms with Crippen LogP contribution in [0, 0.1) is 6.92 Å². The van der Waals surface area contributed by atoms with Gasteiger partial charge in [-0.15, -0.1) is 0 Å². The van der Waals surface area contributed by atoms with Crippen molar-refractivity contribution in [2.45, 2.75) is 33.2 Å². The van der Waals surface area contributed by atoms with Crippen molar-refractivity contribution in [3.63, 3.8) is 0 Å². The first kappa shape index (κ1) is 19.3. The third-order valence-electron chi connectivity index (χ3n) is 3.53. The fourth-order valence-electron chi connectivity index (χ4n) is 2.34. The number of hydrogen-bond acceptors (Lipinski definition) is 2. The van der Waals surface area contributed by atoms with Crippen LogP contribution in [0.1, 0.15) is 47.1 Å². The van der Waals surface area contributed by atoms with Gasteiger partial charge in [-0.2, -0.15) is 4.53 Å². The van der Waals surface area contributed by atoms with Crippen LogP contribution < -0.4 is 0 Å². The highest BCUT2D eigenvalue weighted by Gasteiger charge is 2.35. The lowest BCUT2D eigenvalue weighted by Crippen LogP contribution is -2.54. The van der Waals surface area contributed by atoms with Crippen LogP contribution in [0.5, 0.6) is 0 Å². The van der Waals surface area contributed by atoms with Crippen molar-refractivity contribution in [3.8, 4) is 0 Å². The van der Waals surface area contributed by atoms with E-state index in [0.29, 0.717) is 16.1 Å². The summed E-state index contributed by atoms with van der Waals surface area (Å²) in [5, 5.41) is 1.76. The van der Waals surface area contributed by atoms with Gasteiger partial charge < -0.3 is 0 Å². The van der Waals surface area contributed by atoms with Crippen LogP contribution in [0.15, 0.2) is 48.5 Å². The Bertz CT molecular complexity index is 783. The molecular formula is C19H20Cl2N2O2. The molecule has 0 aliphatic carbocycles. The quantitative estimate of drug-likeness (QED) is 0.538. The van der Waals surface area contributed by atoms with E-state index in [4.69, 9.17) is 23.4 Å². The molecule has 0 aromatic heterocycles. The highest BCUT2D eigenvalue weighted by molar-refractivity contribution is 6.30. The Hall–Kier alpha value is -2.04. The number of halogens is 2. The van der Waals surface area contributed by atoms with Gasteiger partial charge in [0.25, 0.3) is 11.8 Å². The van der Waals surface area contributed by atoms with Crippen molar-refractivity contribution >= 4 is 35.2 Å². The van der Waals surface area contributed by atoms with E-state index in [1.165, 1.54) is 5.01 Å². The van der Waals surface area contributed by atoms with Crippen molar-refractivity contribution in [2.75, 3.05) is 0 Å². The van der Waals surface area contributed by atoms with E-state index in [9.17, 15) is 9.59 Å². The molecule has 132 valence electrons. The van der Waals surface area contributed by atoms with Crippen LogP contribution in [-0.4, -0.2) is 26.9 Å². The number of benzene rings is 2. The van der Waals surface area contributed by atoms with Gasteiger partial charge in [-0.1, -0.05) is 29.3 Å². The Morgan fingerprint density at radius 1 is 0.920 bits per heavy atom. The van der Waals surface area contributed by atoms with E-state index in [2.05, 4.69) is 0 Å². The topological polar surface area (TPSA) is 40.6 Å². The number of hydrazine groups is 1. The molecule has 4 nitrogen and oxygen atoms in total. The molecule has 0 heterocycles. The minimum Gasteiger partial charge on any atom is -0.267 e. The maximum atomic E-state index is 13.0. The Balaban J connectivity index is 2.38. The van der Waals surface area contributed by atoms with Crippen molar-refractivity contribution in [1.82, 2.24) is 9.54 Å². The van der Waals surface area contributed by atoms with E-state index in [-0.39, 0.29) is 5.91 Å². The molecule has 0 unspecified atom stereocenters. The monoisotopic (exact) mass is 378 g/mol. The van der Waals surface area contributed by atoms with Gasteiger partial charge >= 0.3 is 0 Å². The predicted octanol–water partition coefficient (Wildman–Crippen LogP) is 5.10. The summed E-state index contributed by atoms with van der Waals surface area (Å²) >= 11 is 12.2. The van der Waals surface area contributed by atoms with Gasteiger partial charge in [0.05, 0.1) is 5.54 Å². The first-order chi connectivity index (χ1) is 11.6. The third kappa shape index (κ3) is 4.53. The van der Waals surface area contributed by atoms with Crippen LogP contribution in [-0.2, 0) is 0 Å². The number of rotatable bonds is 2. The van der Waals surface area contributed by atoms with Crippen molar-refractivity contribution in [1.29, 1.82) is 0 Å². The molecule has 2 rings (SSSR count). The van der Waals surface area contributed by atoms with E-state index in [0.717, 1.165) is 10.1 Å². The Labute approximate surface area is 158 Å². The zero-order valence-electron chi connectivity index (χ0n) is 14.6. The average molecular weight is 379 g/mol. The number of nitrogens with zero attached hydrogens (tertiary/aromatic N) is 2. The molecule has 0 radical (unpaired) electrons. The van der Waals surface area contributed by atoms with E-state index >= 15 is 0 Å². The van der Waals surface area contributed by atoms with Crippen LogP contribution in [0.2, 0.25) is 5.02 Å². The fourth-order valence-corrected chi connectivity index (χ4v) is 2.86. The summed E-state index contributed by atoms with van der Waals surface area (Å²) in [6.07, 6.45) is 0. The molecule has 2 aromatic carbocycles. The number of aryl methyl sites for hydroxylation is 1. The standard InChI is InChI=1S/C19H20Cl2N2O2/c1-13-6-5-7-15(12-13)18(25)23(21)22(19(2,3)4)17(24)14-8-10-16(20)11-9-14/h5-12H,1-4H3. The van der Waals surface area contributed by atoms with Gasteiger partial charge in [0.1, 0.15) is 0 Å². The zero-order valence-corrected chi connectivity index (χ0v) is 16.1. The summed E-state index contributed by atoms with van der Waals surface area (Å²) in [5.74, 6) is -0.859. The molecule has 0 saturated carbocycles. The van der Waals surface area contributed by atoms with E-state index in [1.54, 1.807) is 63.2 Å². The molecule has 0 aliphatic rings. The normalized spacial score (nSPS) is 11.1. The van der Waals surface area contributed by atoms with Crippen LogP contribution >= 0.6 is 23.4 Å². The summed E-state index contributed by atoms with van der Waals surface area (Å²) in [4.78, 5) is 25.7. The predicted molar refractivity (Wildman–Crippen MR) is 101 cm³/mol. The summed E-state index contributed by atoms with van der Waals surface area (Å²) in [6, 6.07) is 13.5. The molecule has 0 atom stereocenters. The molecular weight excluding hydrogens is 359 g/mol. The van der Waals surface area contributed by atoms with Crippen LogP contribution in [0.4, 0.5) is 0 Å².